The first-order chi connectivity index (χ1) is 16.6. The molecule has 0 saturated carbocycles. The average Bonchev–Trinajstić information content (AvgIpc) is 2.88. The van der Waals surface area contributed by atoms with E-state index in [2.05, 4.69) is 20.5 Å². The van der Waals surface area contributed by atoms with Crippen LogP contribution in [0.25, 0.3) is 11.3 Å². The molecule has 0 aliphatic heterocycles. The van der Waals surface area contributed by atoms with Gasteiger partial charge in [-0.2, -0.15) is 10.1 Å². The number of H-pyrrole nitrogens is 1. The number of hydrazone groups is 1. The van der Waals surface area contributed by atoms with E-state index in [0.717, 1.165) is 11.1 Å². The Kier molecular flexibility index (Phi) is 7.09. The summed E-state index contributed by atoms with van der Waals surface area (Å²) >= 11 is 0. The highest BCUT2D eigenvalue weighted by Gasteiger charge is 2.10. The topological polar surface area (TPSA) is 106 Å². The molecule has 0 aliphatic rings. The molecule has 8 heteroatoms. The van der Waals surface area contributed by atoms with Crippen molar-refractivity contribution in [2.75, 3.05) is 7.11 Å². The number of rotatable bonds is 8. The van der Waals surface area contributed by atoms with Crippen molar-refractivity contribution in [1.29, 1.82) is 0 Å². The highest BCUT2D eigenvalue weighted by Crippen LogP contribution is 2.28. The third-order valence-electron chi connectivity index (χ3n) is 4.86. The van der Waals surface area contributed by atoms with Gasteiger partial charge in [-0.3, -0.25) is 4.79 Å². The van der Waals surface area contributed by atoms with Crippen molar-refractivity contribution < 1.29 is 14.3 Å². The molecular formula is C26H22N4O4. The first kappa shape index (κ1) is 22.5. The molecule has 0 bridgehead atoms. The summed E-state index contributed by atoms with van der Waals surface area (Å²) in [6, 6.07) is 25.8. The molecule has 1 aromatic heterocycles. The lowest BCUT2D eigenvalue weighted by Crippen LogP contribution is -2.24. The van der Waals surface area contributed by atoms with Crippen LogP contribution in [0.5, 0.6) is 11.5 Å². The van der Waals surface area contributed by atoms with Gasteiger partial charge in [-0.05, 0) is 35.4 Å². The van der Waals surface area contributed by atoms with Crippen molar-refractivity contribution >= 4 is 12.1 Å². The van der Waals surface area contributed by atoms with Crippen LogP contribution in [0.3, 0.4) is 0 Å². The fourth-order valence-corrected chi connectivity index (χ4v) is 3.18. The zero-order valence-corrected chi connectivity index (χ0v) is 18.4. The van der Waals surface area contributed by atoms with E-state index in [9.17, 15) is 9.59 Å². The van der Waals surface area contributed by atoms with Crippen molar-refractivity contribution in [3.05, 3.63) is 112 Å². The van der Waals surface area contributed by atoms with Crippen LogP contribution in [-0.4, -0.2) is 29.2 Å². The van der Waals surface area contributed by atoms with E-state index in [1.165, 1.54) is 12.3 Å². The molecule has 4 rings (SSSR count). The maximum Gasteiger partial charge on any atom is 0.346 e. The van der Waals surface area contributed by atoms with Gasteiger partial charge in [0.15, 0.2) is 11.5 Å². The third-order valence-corrected chi connectivity index (χ3v) is 4.86. The summed E-state index contributed by atoms with van der Waals surface area (Å²) in [4.78, 5) is 30.8. The summed E-state index contributed by atoms with van der Waals surface area (Å²) in [7, 11) is 1.55. The van der Waals surface area contributed by atoms with Crippen LogP contribution in [0, 0.1) is 0 Å². The monoisotopic (exact) mass is 454 g/mol. The summed E-state index contributed by atoms with van der Waals surface area (Å²) in [5.74, 6) is 0.565. The van der Waals surface area contributed by atoms with Gasteiger partial charge in [-0.1, -0.05) is 60.7 Å². The molecule has 0 unspecified atom stereocenters. The number of aromatic amines is 1. The van der Waals surface area contributed by atoms with Crippen LogP contribution < -0.4 is 20.6 Å². The fraction of sp³-hybridized carbons (Fsp3) is 0.0769. The number of hydrogen-bond donors (Lipinski definition) is 2. The Labute approximate surface area is 195 Å². The molecule has 1 amide bonds. The van der Waals surface area contributed by atoms with Crippen molar-refractivity contribution in [3.8, 4) is 22.8 Å². The first-order valence-electron chi connectivity index (χ1n) is 10.5. The second-order valence-electron chi connectivity index (χ2n) is 7.23. The zero-order valence-electron chi connectivity index (χ0n) is 18.4. The molecule has 0 fully saturated rings. The largest absolute Gasteiger partial charge is 0.493 e. The third kappa shape index (κ3) is 5.74. The molecule has 0 saturated heterocycles. The predicted molar refractivity (Wildman–Crippen MR) is 129 cm³/mol. The van der Waals surface area contributed by atoms with Crippen molar-refractivity contribution in [2.45, 2.75) is 6.61 Å². The highest BCUT2D eigenvalue weighted by atomic mass is 16.5. The summed E-state index contributed by atoms with van der Waals surface area (Å²) in [5.41, 5.74) is 4.71. The minimum Gasteiger partial charge on any atom is -0.493 e. The lowest BCUT2D eigenvalue weighted by Gasteiger charge is -2.11. The molecule has 3 aromatic carbocycles. The second kappa shape index (κ2) is 10.7. The number of aromatic nitrogens is 2. The van der Waals surface area contributed by atoms with E-state index in [-0.39, 0.29) is 5.69 Å². The van der Waals surface area contributed by atoms with E-state index in [1.54, 1.807) is 25.3 Å². The quantitative estimate of drug-likeness (QED) is 0.311. The minimum absolute atomic E-state index is 0.0539. The maximum absolute atomic E-state index is 12.5. The van der Waals surface area contributed by atoms with Crippen LogP contribution >= 0.6 is 0 Å². The lowest BCUT2D eigenvalue weighted by molar-refractivity contribution is 0.0949. The zero-order chi connectivity index (χ0) is 23.8. The Balaban J connectivity index is 1.42. The van der Waals surface area contributed by atoms with Gasteiger partial charge < -0.3 is 14.5 Å². The van der Waals surface area contributed by atoms with E-state index in [4.69, 9.17) is 9.47 Å². The van der Waals surface area contributed by atoms with Gasteiger partial charge in [0.05, 0.1) is 19.0 Å². The molecule has 0 atom stereocenters. The Bertz CT molecular complexity index is 1350. The maximum atomic E-state index is 12.5. The van der Waals surface area contributed by atoms with E-state index in [0.29, 0.717) is 29.4 Å². The van der Waals surface area contributed by atoms with Gasteiger partial charge in [0.25, 0.3) is 5.91 Å². The van der Waals surface area contributed by atoms with Gasteiger partial charge in [-0.15, -0.1) is 0 Å². The standard InChI is InChI=1S/C26H22N4O4/c1-33-24-14-19(12-13-23(24)34-17-18-8-4-2-5-9-18)16-27-30-25(31)22-15-21(28-26(32)29-22)20-10-6-3-7-11-20/h2-16H,17H2,1H3,(H,30,31)(H,28,29,32)/b27-16+. The van der Waals surface area contributed by atoms with E-state index >= 15 is 0 Å². The first-order valence-corrected chi connectivity index (χ1v) is 10.5. The number of nitrogens with zero attached hydrogens (tertiary/aromatic N) is 2. The summed E-state index contributed by atoms with van der Waals surface area (Å²) < 4.78 is 11.3. The van der Waals surface area contributed by atoms with Crippen molar-refractivity contribution in [3.63, 3.8) is 0 Å². The molecule has 4 aromatic rings. The molecule has 0 spiro atoms. The molecule has 8 nitrogen and oxygen atoms in total. The Morgan fingerprint density at radius 2 is 1.74 bits per heavy atom. The second-order valence-corrected chi connectivity index (χ2v) is 7.23. The smallest absolute Gasteiger partial charge is 0.346 e. The normalized spacial score (nSPS) is 10.7. The Hall–Kier alpha value is -4.72. The van der Waals surface area contributed by atoms with Crippen LogP contribution in [-0.2, 0) is 6.61 Å². The van der Waals surface area contributed by atoms with Gasteiger partial charge in [0.1, 0.15) is 12.3 Å². The number of carbonyl (C=O) groups excluding carboxylic acids is 1. The predicted octanol–water partition coefficient (Wildman–Crippen LogP) is 3.79. The van der Waals surface area contributed by atoms with Gasteiger partial charge in [0.2, 0.25) is 0 Å². The van der Waals surface area contributed by atoms with Crippen molar-refractivity contribution in [2.24, 2.45) is 5.10 Å². The molecule has 34 heavy (non-hydrogen) atoms. The summed E-state index contributed by atoms with van der Waals surface area (Å²) in [6.45, 7) is 0.412. The molecule has 0 radical (unpaired) electrons. The number of carbonyl (C=O) groups is 1. The SMILES string of the molecule is COc1cc(/C=N/NC(=O)c2cc(-c3ccccc3)nc(=O)[nH]2)ccc1OCc1ccccc1. The highest BCUT2D eigenvalue weighted by molar-refractivity contribution is 5.94. The summed E-state index contributed by atoms with van der Waals surface area (Å²) in [6.07, 6.45) is 1.47. The van der Waals surface area contributed by atoms with Crippen LogP contribution in [0.15, 0.2) is 94.8 Å². The van der Waals surface area contributed by atoms with Gasteiger partial charge >= 0.3 is 5.69 Å². The number of benzene rings is 3. The number of hydrogen-bond acceptors (Lipinski definition) is 6. The molecule has 170 valence electrons. The Morgan fingerprint density at radius 3 is 2.47 bits per heavy atom. The molecular weight excluding hydrogens is 432 g/mol. The molecule has 0 aliphatic carbocycles. The molecule has 1 heterocycles. The van der Waals surface area contributed by atoms with Crippen LogP contribution in [0.1, 0.15) is 21.6 Å². The molecule has 2 N–H and O–H groups in total. The van der Waals surface area contributed by atoms with Gasteiger partial charge in [-0.25, -0.2) is 10.2 Å². The van der Waals surface area contributed by atoms with Crippen LogP contribution in [0.4, 0.5) is 0 Å². The van der Waals surface area contributed by atoms with E-state index < -0.39 is 11.6 Å². The lowest BCUT2D eigenvalue weighted by atomic mass is 10.1. The fourth-order valence-electron chi connectivity index (χ4n) is 3.18. The summed E-state index contributed by atoms with van der Waals surface area (Å²) in [5, 5.41) is 3.99. The number of methoxy groups -OCH3 is 1. The minimum atomic E-state index is -0.619. The van der Waals surface area contributed by atoms with E-state index in [1.807, 2.05) is 60.7 Å². The Morgan fingerprint density at radius 1 is 1.00 bits per heavy atom. The average molecular weight is 454 g/mol. The number of ether oxygens (including phenoxy) is 2. The van der Waals surface area contributed by atoms with Gasteiger partial charge in [0, 0.05) is 5.56 Å². The number of nitrogens with one attached hydrogen (secondary N) is 2. The number of amides is 1. The van der Waals surface area contributed by atoms with Crippen molar-refractivity contribution in [1.82, 2.24) is 15.4 Å². The van der Waals surface area contributed by atoms with Crippen LogP contribution in [0.2, 0.25) is 0 Å².